The molecule has 122 valence electrons. The Kier molecular flexibility index (Phi) is 4.93. The Morgan fingerprint density at radius 2 is 1.61 bits per heavy atom. The van der Waals surface area contributed by atoms with Crippen LogP contribution >= 0.6 is 11.8 Å². The summed E-state index contributed by atoms with van der Waals surface area (Å²) in [5.41, 5.74) is 4.15. The zero-order chi connectivity index (χ0) is 16.4. The van der Waals surface area contributed by atoms with E-state index in [0.29, 0.717) is 0 Å². The van der Waals surface area contributed by atoms with Crippen molar-refractivity contribution < 1.29 is 4.39 Å². The van der Waals surface area contributed by atoms with Gasteiger partial charge < -0.3 is 9.80 Å². The Morgan fingerprint density at radius 1 is 1.00 bits per heavy atom. The summed E-state index contributed by atoms with van der Waals surface area (Å²) >= 11 is 1.71. The van der Waals surface area contributed by atoms with Crippen molar-refractivity contribution in [1.29, 1.82) is 0 Å². The molecule has 0 atom stereocenters. The Bertz CT molecular complexity index is 683. The van der Waals surface area contributed by atoms with Crippen molar-refractivity contribution in [1.82, 2.24) is 4.90 Å². The van der Waals surface area contributed by atoms with E-state index in [-0.39, 0.29) is 5.82 Å². The van der Waals surface area contributed by atoms with Gasteiger partial charge in [0.2, 0.25) is 0 Å². The molecule has 0 saturated heterocycles. The number of halogens is 1. The summed E-state index contributed by atoms with van der Waals surface area (Å²) < 4.78 is 13.1. The maximum absolute atomic E-state index is 13.1. The minimum atomic E-state index is -0.188. The summed E-state index contributed by atoms with van der Waals surface area (Å²) in [7, 11) is 6.35. The van der Waals surface area contributed by atoms with E-state index in [1.165, 1.54) is 33.8 Å². The zero-order valence-electron chi connectivity index (χ0n) is 14.0. The van der Waals surface area contributed by atoms with E-state index in [2.05, 4.69) is 43.1 Å². The van der Waals surface area contributed by atoms with Crippen LogP contribution in [-0.4, -0.2) is 39.1 Å². The molecule has 3 rings (SSSR count). The van der Waals surface area contributed by atoms with Gasteiger partial charge in [-0.3, -0.25) is 0 Å². The summed E-state index contributed by atoms with van der Waals surface area (Å²) in [6, 6.07) is 11.4. The number of hydrogen-bond acceptors (Lipinski definition) is 3. The lowest BCUT2D eigenvalue weighted by molar-refractivity contribution is 0.352. The molecular weight excluding hydrogens is 307 g/mol. The molecule has 1 aliphatic heterocycles. The van der Waals surface area contributed by atoms with E-state index >= 15 is 0 Å². The van der Waals surface area contributed by atoms with Crippen LogP contribution in [0.5, 0.6) is 0 Å². The van der Waals surface area contributed by atoms with Gasteiger partial charge in [-0.15, -0.1) is 0 Å². The normalized spacial score (nSPS) is 15.1. The molecule has 0 radical (unpaired) electrons. The van der Waals surface area contributed by atoms with Crippen molar-refractivity contribution in [3.63, 3.8) is 0 Å². The van der Waals surface area contributed by atoms with Crippen LogP contribution in [0.2, 0.25) is 0 Å². The molecule has 0 spiro atoms. The molecule has 0 unspecified atom stereocenters. The number of fused-ring (bicyclic) bond motifs is 1. The van der Waals surface area contributed by atoms with Gasteiger partial charge in [-0.25, -0.2) is 4.39 Å². The second-order valence-electron chi connectivity index (χ2n) is 6.34. The van der Waals surface area contributed by atoms with Crippen LogP contribution < -0.4 is 4.90 Å². The van der Waals surface area contributed by atoms with Crippen LogP contribution in [0.4, 0.5) is 10.1 Å². The monoisotopic (exact) mass is 330 g/mol. The van der Waals surface area contributed by atoms with E-state index in [1.807, 2.05) is 12.1 Å². The first kappa shape index (κ1) is 16.3. The number of hydrogen-bond donors (Lipinski definition) is 0. The second kappa shape index (κ2) is 6.93. The smallest absolute Gasteiger partial charge is 0.123 e. The highest BCUT2D eigenvalue weighted by molar-refractivity contribution is 7.99. The summed E-state index contributed by atoms with van der Waals surface area (Å²) in [6.45, 7) is 2.22. The number of nitrogens with zero attached hydrogens (tertiary/aromatic N) is 2. The molecule has 23 heavy (non-hydrogen) atoms. The van der Waals surface area contributed by atoms with Gasteiger partial charge in [-0.2, -0.15) is 0 Å². The lowest BCUT2D eigenvalue weighted by atomic mass is 10.0. The van der Waals surface area contributed by atoms with Crippen molar-refractivity contribution in [3.8, 4) is 0 Å². The molecule has 4 heteroatoms. The van der Waals surface area contributed by atoms with Gasteiger partial charge >= 0.3 is 0 Å². The van der Waals surface area contributed by atoms with Gasteiger partial charge in [-0.1, -0.05) is 11.8 Å². The molecule has 0 aromatic heterocycles. The Morgan fingerprint density at radius 3 is 2.22 bits per heavy atom. The fourth-order valence-corrected chi connectivity index (χ4v) is 3.99. The maximum Gasteiger partial charge on any atom is 0.123 e. The van der Waals surface area contributed by atoms with E-state index in [1.54, 1.807) is 11.8 Å². The summed E-state index contributed by atoms with van der Waals surface area (Å²) in [4.78, 5) is 6.87. The largest absolute Gasteiger partial charge is 0.377 e. The molecule has 0 fully saturated rings. The summed E-state index contributed by atoms with van der Waals surface area (Å²) in [5.74, 6) is -0.188. The minimum Gasteiger partial charge on any atom is -0.377 e. The lowest BCUT2D eigenvalue weighted by Crippen LogP contribution is -2.20. The number of anilines is 1. The average molecular weight is 330 g/mol. The molecule has 0 saturated carbocycles. The van der Waals surface area contributed by atoms with Gasteiger partial charge in [-0.05, 0) is 67.4 Å². The summed E-state index contributed by atoms with van der Waals surface area (Å²) in [6.07, 6.45) is 2.20. The molecular formula is C19H23FN2S. The first-order valence-corrected chi connectivity index (χ1v) is 8.79. The molecule has 0 aliphatic carbocycles. The highest BCUT2D eigenvalue weighted by atomic mass is 32.2. The van der Waals surface area contributed by atoms with Crippen LogP contribution in [0.15, 0.2) is 46.2 Å². The van der Waals surface area contributed by atoms with Crippen molar-refractivity contribution in [3.05, 3.63) is 53.3 Å². The highest BCUT2D eigenvalue weighted by Gasteiger charge is 2.16. The molecule has 1 aliphatic rings. The first-order valence-electron chi connectivity index (χ1n) is 7.98. The van der Waals surface area contributed by atoms with Gasteiger partial charge in [0.05, 0.1) is 5.69 Å². The fraction of sp³-hybridized carbons (Fsp3) is 0.368. The van der Waals surface area contributed by atoms with E-state index in [4.69, 9.17) is 0 Å². The number of rotatable bonds is 3. The Labute approximate surface area is 142 Å². The lowest BCUT2D eigenvalue weighted by Gasteiger charge is -2.20. The molecule has 2 aromatic rings. The average Bonchev–Trinajstić information content (AvgIpc) is 2.70. The number of likely N-dealkylation sites (N-methyl/N-ethyl adjacent to an activating group) is 1. The SMILES string of the molecule is CN1CCc2cc(Sc3ccc(F)cc3)c(N(C)C)cc2CC1. The predicted octanol–water partition coefficient (Wildman–Crippen LogP) is 4.07. The highest BCUT2D eigenvalue weighted by Crippen LogP contribution is 2.37. The molecule has 2 nitrogen and oxygen atoms in total. The van der Waals surface area contributed by atoms with Gasteiger partial charge in [0, 0.05) is 37.0 Å². The third-order valence-electron chi connectivity index (χ3n) is 4.33. The van der Waals surface area contributed by atoms with Crippen LogP contribution in [0, 0.1) is 5.82 Å². The zero-order valence-corrected chi connectivity index (χ0v) is 14.8. The van der Waals surface area contributed by atoms with Crippen molar-refractivity contribution in [2.45, 2.75) is 22.6 Å². The van der Waals surface area contributed by atoms with E-state index in [9.17, 15) is 4.39 Å². The van der Waals surface area contributed by atoms with Crippen LogP contribution in [-0.2, 0) is 12.8 Å². The molecule has 0 N–H and O–H groups in total. The quantitative estimate of drug-likeness (QED) is 0.837. The Balaban J connectivity index is 1.96. The fourth-order valence-electron chi connectivity index (χ4n) is 2.91. The third-order valence-corrected chi connectivity index (χ3v) is 5.38. The van der Waals surface area contributed by atoms with Gasteiger partial charge in [0.1, 0.15) is 5.82 Å². The second-order valence-corrected chi connectivity index (χ2v) is 7.46. The van der Waals surface area contributed by atoms with Crippen LogP contribution in [0.3, 0.4) is 0 Å². The molecule has 0 bridgehead atoms. The van der Waals surface area contributed by atoms with Gasteiger partial charge in [0.25, 0.3) is 0 Å². The van der Waals surface area contributed by atoms with Crippen molar-refractivity contribution in [2.75, 3.05) is 39.1 Å². The standard InChI is InChI=1S/C19H23FN2S/c1-21(2)18-12-14-8-10-22(3)11-9-15(14)13-19(18)23-17-6-4-16(20)5-7-17/h4-7,12-13H,8-11H2,1-3H3. The first-order chi connectivity index (χ1) is 11.0. The predicted molar refractivity (Wildman–Crippen MR) is 96.2 cm³/mol. The van der Waals surface area contributed by atoms with E-state index < -0.39 is 0 Å². The minimum absolute atomic E-state index is 0.188. The van der Waals surface area contributed by atoms with Crippen LogP contribution in [0.25, 0.3) is 0 Å². The van der Waals surface area contributed by atoms with Crippen molar-refractivity contribution >= 4 is 17.4 Å². The van der Waals surface area contributed by atoms with E-state index in [0.717, 1.165) is 30.8 Å². The van der Waals surface area contributed by atoms with Gasteiger partial charge in [0.15, 0.2) is 0 Å². The Hall–Kier alpha value is -1.52. The molecule has 0 amide bonds. The van der Waals surface area contributed by atoms with Crippen LogP contribution in [0.1, 0.15) is 11.1 Å². The molecule has 2 aromatic carbocycles. The number of benzene rings is 2. The van der Waals surface area contributed by atoms with Crippen molar-refractivity contribution in [2.24, 2.45) is 0 Å². The third kappa shape index (κ3) is 3.88. The summed E-state index contributed by atoms with van der Waals surface area (Å²) in [5, 5.41) is 0. The topological polar surface area (TPSA) is 6.48 Å². The molecule has 1 heterocycles. The maximum atomic E-state index is 13.1.